The predicted octanol–water partition coefficient (Wildman–Crippen LogP) is 0.930. The fraction of sp³-hybridized carbons (Fsp3) is 0.357. The maximum atomic E-state index is 11.9. The number of carbonyl (C=O) groups excluding carboxylic acids is 1. The molecule has 3 N–H and O–H groups in total. The topological polar surface area (TPSA) is 114 Å². The first kappa shape index (κ1) is 16.5. The molecule has 7 nitrogen and oxygen atoms in total. The molecule has 1 atom stereocenters. The fourth-order valence-corrected chi connectivity index (χ4v) is 1.65. The maximum Gasteiger partial charge on any atom is 0.321 e. The number of rotatable bonds is 5. The Kier molecular flexibility index (Phi) is 5.27. The van der Waals surface area contributed by atoms with Gasteiger partial charge < -0.3 is 15.5 Å². The number of nitrogens with one attached hydrogen (secondary N) is 1. The number of hydrogen-bond acceptors (Lipinski definition) is 4. The Bertz CT molecular complexity index is 561. The van der Waals surface area contributed by atoms with Gasteiger partial charge in [-0.1, -0.05) is 0 Å². The average Bonchev–Trinajstić information content (AvgIpc) is 2.43. The zero-order valence-corrected chi connectivity index (χ0v) is 11.8. The summed E-state index contributed by atoms with van der Waals surface area (Å²) in [4.78, 5) is 23.8. The minimum atomic E-state index is -1.52. The Morgan fingerprint density at radius 3 is 2.43 bits per heavy atom. The average molecular weight is 291 g/mol. The molecule has 0 fully saturated rings. The number of anilines is 1. The number of carboxylic acids is 1. The van der Waals surface area contributed by atoms with Gasteiger partial charge in [0.15, 0.2) is 0 Å². The molecule has 0 radical (unpaired) electrons. The van der Waals surface area contributed by atoms with Crippen molar-refractivity contribution in [1.29, 1.82) is 5.26 Å². The minimum absolute atomic E-state index is 0.182. The third-order valence-electron chi connectivity index (χ3n) is 2.84. The van der Waals surface area contributed by atoms with Gasteiger partial charge in [0.25, 0.3) is 0 Å². The van der Waals surface area contributed by atoms with E-state index in [0.717, 1.165) is 0 Å². The first-order chi connectivity index (χ1) is 9.75. The number of hydrogen-bond donors (Lipinski definition) is 3. The molecule has 0 aromatic heterocycles. The van der Waals surface area contributed by atoms with E-state index in [4.69, 9.17) is 10.4 Å². The standard InChI is InChI=1S/C14H17N3O4/c1-14(21,7-12(18)19)9-16-13(20)17(2)11-5-3-10(8-15)4-6-11/h3-6,21H,7,9H2,1-2H3,(H,16,20)(H,18,19). The maximum absolute atomic E-state index is 11.9. The number of carboxylic acid groups (broad SMARTS) is 1. The Labute approximate surface area is 122 Å². The molecule has 1 rings (SSSR count). The normalized spacial score (nSPS) is 12.9. The number of aliphatic carboxylic acids is 1. The monoisotopic (exact) mass is 291 g/mol. The molecule has 1 unspecified atom stereocenters. The second-order valence-electron chi connectivity index (χ2n) is 4.94. The molecule has 2 amide bonds. The zero-order chi connectivity index (χ0) is 16.0. The summed E-state index contributed by atoms with van der Waals surface area (Å²) >= 11 is 0. The summed E-state index contributed by atoms with van der Waals surface area (Å²) in [6.07, 6.45) is -0.464. The Hall–Kier alpha value is -2.59. The third-order valence-corrected chi connectivity index (χ3v) is 2.84. The van der Waals surface area contributed by atoms with E-state index in [-0.39, 0.29) is 6.54 Å². The van der Waals surface area contributed by atoms with Gasteiger partial charge >= 0.3 is 12.0 Å². The van der Waals surface area contributed by atoms with Gasteiger partial charge in [0.2, 0.25) is 0 Å². The molecule has 0 aliphatic carbocycles. The molecule has 0 spiro atoms. The third kappa shape index (κ3) is 5.12. The summed E-state index contributed by atoms with van der Waals surface area (Å²) in [5.74, 6) is -1.14. The lowest BCUT2D eigenvalue weighted by Crippen LogP contribution is -2.46. The Balaban J connectivity index is 2.62. The summed E-state index contributed by atoms with van der Waals surface area (Å²) in [5, 5.41) is 29.6. The van der Waals surface area contributed by atoms with Gasteiger partial charge in [0, 0.05) is 19.3 Å². The molecular formula is C14H17N3O4. The van der Waals surface area contributed by atoms with Crippen LogP contribution in [-0.4, -0.2) is 41.4 Å². The summed E-state index contributed by atoms with van der Waals surface area (Å²) in [7, 11) is 1.53. The van der Waals surface area contributed by atoms with Crippen molar-refractivity contribution in [1.82, 2.24) is 5.32 Å². The van der Waals surface area contributed by atoms with Crippen molar-refractivity contribution in [3.63, 3.8) is 0 Å². The lowest BCUT2D eigenvalue weighted by atomic mass is 10.0. The highest BCUT2D eigenvalue weighted by Crippen LogP contribution is 2.14. The summed E-state index contributed by atoms with van der Waals surface area (Å²) in [6, 6.07) is 7.90. The van der Waals surface area contributed by atoms with E-state index in [9.17, 15) is 14.7 Å². The second-order valence-corrected chi connectivity index (χ2v) is 4.94. The SMILES string of the molecule is CN(C(=O)NCC(C)(O)CC(=O)O)c1ccc(C#N)cc1. The first-order valence-corrected chi connectivity index (χ1v) is 6.21. The van der Waals surface area contributed by atoms with Gasteiger partial charge in [0.05, 0.1) is 23.7 Å². The molecule has 1 aromatic rings. The molecule has 7 heteroatoms. The molecule has 0 aliphatic rings. The number of amides is 2. The van der Waals surface area contributed by atoms with Crippen molar-refractivity contribution in [3.05, 3.63) is 29.8 Å². The van der Waals surface area contributed by atoms with Gasteiger partial charge in [0.1, 0.15) is 0 Å². The van der Waals surface area contributed by atoms with Gasteiger partial charge in [-0.2, -0.15) is 5.26 Å². The number of aliphatic hydroxyl groups is 1. The van der Waals surface area contributed by atoms with Gasteiger partial charge in [-0.15, -0.1) is 0 Å². The van der Waals surface area contributed by atoms with E-state index in [1.165, 1.54) is 18.9 Å². The van der Waals surface area contributed by atoms with Gasteiger partial charge in [-0.05, 0) is 31.2 Å². The quantitative estimate of drug-likeness (QED) is 0.746. The lowest BCUT2D eigenvalue weighted by molar-refractivity contribution is -0.141. The number of nitriles is 1. The van der Waals surface area contributed by atoms with E-state index in [1.807, 2.05) is 6.07 Å². The molecule has 0 saturated carbocycles. The highest BCUT2D eigenvalue weighted by Gasteiger charge is 2.25. The predicted molar refractivity (Wildman–Crippen MR) is 75.8 cm³/mol. The van der Waals surface area contributed by atoms with Crippen molar-refractivity contribution in [2.45, 2.75) is 18.9 Å². The van der Waals surface area contributed by atoms with E-state index >= 15 is 0 Å². The van der Waals surface area contributed by atoms with Crippen LogP contribution in [0.3, 0.4) is 0 Å². The van der Waals surface area contributed by atoms with Crippen molar-refractivity contribution in [3.8, 4) is 6.07 Å². The molecule has 21 heavy (non-hydrogen) atoms. The second kappa shape index (κ2) is 6.72. The first-order valence-electron chi connectivity index (χ1n) is 6.21. The molecule has 1 aromatic carbocycles. The molecular weight excluding hydrogens is 274 g/mol. The zero-order valence-electron chi connectivity index (χ0n) is 11.8. The number of urea groups is 1. The highest BCUT2D eigenvalue weighted by atomic mass is 16.4. The lowest BCUT2D eigenvalue weighted by Gasteiger charge is -2.24. The van der Waals surface area contributed by atoms with Crippen LogP contribution in [0.4, 0.5) is 10.5 Å². The van der Waals surface area contributed by atoms with Crippen LogP contribution in [0.1, 0.15) is 18.9 Å². The van der Waals surface area contributed by atoms with Crippen LogP contribution >= 0.6 is 0 Å². The molecule has 0 bridgehead atoms. The number of benzene rings is 1. The van der Waals surface area contributed by atoms with Crippen molar-refractivity contribution in [2.75, 3.05) is 18.5 Å². The van der Waals surface area contributed by atoms with Crippen LogP contribution in [0.2, 0.25) is 0 Å². The molecule has 0 saturated heterocycles. The van der Waals surface area contributed by atoms with E-state index in [1.54, 1.807) is 24.3 Å². The molecule has 112 valence electrons. The summed E-state index contributed by atoms with van der Waals surface area (Å²) in [5.41, 5.74) is -0.464. The smallest absolute Gasteiger partial charge is 0.321 e. The van der Waals surface area contributed by atoms with E-state index in [2.05, 4.69) is 5.32 Å². The largest absolute Gasteiger partial charge is 0.481 e. The highest BCUT2D eigenvalue weighted by molar-refractivity contribution is 5.91. The number of carbonyl (C=O) groups is 2. The fourth-order valence-electron chi connectivity index (χ4n) is 1.65. The van der Waals surface area contributed by atoms with Crippen molar-refractivity contribution >= 4 is 17.7 Å². The summed E-state index contributed by atoms with van der Waals surface area (Å²) < 4.78 is 0. The Morgan fingerprint density at radius 1 is 1.38 bits per heavy atom. The van der Waals surface area contributed by atoms with Gasteiger partial charge in [-0.25, -0.2) is 4.79 Å². The van der Waals surface area contributed by atoms with Crippen LogP contribution in [0, 0.1) is 11.3 Å². The van der Waals surface area contributed by atoms with Gasteiger partial charge in [-0.3, -0.25) is 9.69 Å². The van der Waals surface area contributed by atoms with Crippen LogP contribution in [0.15, 0.2) is 24.3 Å². The Morgan fingerprint density at radius 2 is 1.95 bits per heavy atom. The van der Waals surface area contributed by atoms with Crippen LogP contribution < -0.4 is 10.2 Å². The van der Waals surface area contributed by atoms with Crippen LogP contribution in [0.25, 0.3) is 0 Å². The molecule has 0 aliphatic heterocycles. The molecule has 0 heterocycles. The van der Waals surface area contributed by atoms with E-state index in [0.29, 0.717) is 11.3 Å². The van der Waals surface area contributed by atoms with E-state index < -0.39 is 24.0 Å². The van der Waals surface area contributed by atoms with Crippen molar-refractivity contribution < 1.29 is 19.8 Å². The number of nitrogens with zero attached hydrogens (tertiary/aromatic N) is 2. The van der Waals surface area contributed by atoms with Crippen molar-refractivity contribution in [2.24, 2.45) is 0 Å². The summed E-state index contributed by atoms with van der Waals surface area (Å²) in [6.45, 7) is 1.15. The van der Waals surface area contributed by atoms with Crippen LogP contribution in [-0.2, 0) is 4.79 Å². The van der Waals surface area contributed by atoms with Crippen LogP contribution in [0.5, 0.6) is 0 Å². The minimum Gasteiger partial charge on any atom is -0.481 e.